The normalized spacial score (nSPS) is 12.1. The van der Waals surface area contributed by atoms with Crippen molar-refractivity contribution in [1.29, 1.82) is 0 Å². The predicted octanol–water partition coefficient (Wildman–Crippen LogP) is 1.83. The van der Waals surface area contributed by atoms with Crippen LogP contribution in [0.15, 0.2) is 42.7 Å². The van der Waals surface area contributed by atoms with Crippen LogP contribution in [0.4, 0.5) is 4.39 Å². The third-order valence-corrected chi connectivity index (χ3v) is 2.29. The molecule has 1 unspecified atom stereocenters. The summed E-state index contributed by atoms with van der Waals surface area (Å²) in [6, 6.07) is 6.88. The topological polar surface area (TPSA) is 63.1 Å². The van der Waals surface area contributed by atoms with Gasteiger partial charge in [0.2, 0.25) is 0 Å². The van der Waals surface area contributed by atoms with Gasteiger partial charge in [-0.05, 0) is 23.8 Å². The number of halogens is 1. The molecule has 5 heteroatoms. The number of carboxylic acid groups (broad SMARTS) is 1. The molecule has 0 aliphatic rings. The minimum absolute atomic E-state index is 0.187. The predicted molar refractivity (Wildman–Crippen MR) is 57.9 cm³/mol. The second-order valence-electron chi connectivity index (χ2n) is 3.43. The molecule has 1 heterocycles. The zero-order valence-electron chi connectivity index (χ0n) is 8.75. The molecule has 0 fully saturated rings. The molecular weight excluding hydrogens is 223 g/mol. The first kappa shape index (κ1) is 11.2. The number of aromatic nitrogens is 2. The van der Waals surface area contributed by atoms with Gasteiger partial charge in [0, 0.05) is 12.4 Å². The molecule has 0 saturated carbocycles. The Morgan fingerprint density at radius 1 is 1.18 bits per heavy atom. The summed E-state index contributed by atoms with van der Waals surface area (Å²) in [4.78, 5) is 19.0. The van der Waals surface area contributed by atoms with Crippen LogP contribution in [0.3, 0.4) is 0 Å². The third-order valence-electron chi connectivity index (χ3n) is 2.29. The molecule has 1 atom stereocenters. The molecule has 1 aromatic heterocycles. The number of carboxylic acids is 1. The third kappa shape index (κ3) is 2.44. The summed E-state index contributed by atoms with van der Waals surface area (Å²) in [6.07, 6.45) is 2.95. The van der Waals surface area contributed by atoms with Crippen molar-refractivity contribution in [3.8, 4) is 0 Å². The number of benzene rings is 1. The van der Waals surface area contributed by atoms with Gasteiger partial charge >= 0.3 is 5.97 Å². The van der Waals surface area contributed by atoms with Gasteiger partial charge in [0.25, 0.3) is 0 Å². The van der Waals surface area contributed by atoms with Crippen LogP contribution in [-0.2, 0) is 4.79 Å². The maximum absolute atomic E-state index is 12.8. The Morgan fingerprint density at radius 2 is 1.76 bits per heavy atom. The first-order valence-corrected chi connectivity index (χ1v) is 4.93. The van der Waals surface area contributed by atoms with Crippen molar-refractivity contribution in [1.82, 2.24) is 9.97 Å². The molecule has 2 aromatic rings. The number of carbonyl (C=O) groups is 1. The molecule has 0 spiro atoms. The average molecular weight is 232 g/mol. The van der Waals surface area contributed by atoms with E-state index in [0.29, 0.717) is 5.56 Å². The summed E-state index contributed by atoms with van der Waals surface area (Å²) in [7, 11) is 0. The van der Waals surface area contributed by atoms with Gasteiger partial charge < -0.3 is 5.11 Å². The van der Waals surface area contributed by atoms with Crippen molar-refractivity contribution in [2.75, 3.05) is 0 Å². The van der Waals surface area contributed by atoms with Crippen molar-refractivity contribution in [2.24, 2.45) is 0 Å². The van der Waals surface area contributed by atoms with Crippen LogP contribution in [0.1, 0.15) is 17.3 Å². The number of hydrogen-bond acceptors (Lipinski definition) is 3. The molecule has 2 rings (SSSR count). The minimum atomic E-state index is -1.07. The molecular formula is C12H9FN2O2. The SMILES string of the molecule is O=C(O)C(c1ccc(F)cc1)c1ncccn1. The van der Waals surface area contributed by atoms with Crippen LogP contribution >= 0.6 is 0 Å². The molecule has 0 radical (unpaired) electrons. The second-order valence-corrected chi connectivity index (χ2v) is 3.43. The van der Waals surface area contributed by atoms with E-state index in [1.165, 1.54) is 36.7 Å². The van der Waals surface area contributed by atoms with E-state index in [2.05, 4.69) is 9.97 Å². The summed E-state index contributed by atoms with van der Waals surface area (Å²) in [5.74, 6) is -2.27. The summed E-state index contributed by atoms with van der Waals surface area (Å²) >= 11 is 0. The van der Waals surface area contributed by atoms with Gasteiger partial charge in [-0.25, -0.2) is 14.4 Å². The van der Waals surface area contributed by atoms with Gasteiger partial charge in [-0.3, -0.25) is 4.79 Å². The standard InChI is InChI=1S/C12H9FN2O2/c13-9-4-2-8(3-5-9)10(12(16)17)11-14-6-1-7-15-11/h1-7,10H,(H,16,17). The summed E-state index contributed by atoms with van der Waals surface area (Å²) in [5.41, 5.74) is 0.449. The first-order valence-electron chi connectivity index (χ1n) is 4.93. The Kier molecular flexibility index (Phi) is 3.09. The largest absolute Gasteiger partial charge is 0.480 e. The Bertz CT molecular complexity index is 514. The van der Waals surface area contributed by atoms with Crippen LogP contribution < -0.4 is 0 Å². The second kappa shape index (κ2) is 4.69. The highest BCUT2D eigenvalue weighted by Crippen LogP contribution is 2.21. The highest BCUT2D eigenvalue weighted by Gasteiger charge is 2.24. The minimum Gasteiger partial charge on any atom is -0.480 e. The van der Waals surface area contributed by atoms with E-state index in [9.17, 15) is 14.3 Å². The fourth-order valence-electron chi connectivity index (χ4n) is 1.52. The first-order chi connectivity index (χ1) is 8.18. The van der Waals surface area contributed by atoms with E-state index < -0.39 is 17.7 Å². The van der Waals surface area contributed by atoms with Crippen LogP contribution in [0, 0.1) is 5.82 Å². The van der Waals surface area contributed by atoms with E-state index >= 15 is 0 Å². The van der Waals surface area contributed by atoms with Crippen LogP contribution in [0.25, 0.3) is 0 Å². The van der Waals surface area contributed by atoms with Crippen molar-refractivity contribution < 1.29 is 14.3 Å². The van der Waals surface area contributed by atoms with Gasteiger partial charge in [-0.15, -0.1) is 0 Å². The lowest BCUT2D eigenvalue weighted by molar-refractivity contribution is -0.137. The van der Waals surface area contributed by atoms with Crippen molar-refractivity contribution in [2.45, 2.75) is 5.92 Å². The Balaban J connectivity index is 2.43. The molecule has 1 N–H and O–H groups in total. The molecule has 17 heavy (non-hydrogen) atoms. The van der Waals surface area contributed by atoms with E-state index in [1.807, 2.05) is 0 Å². The molecule has 0 bridgehead atoms. The van der Waals surface area contributed by atoms with E-state index in [1.54, 1.807) is 6.07 Å². The molecule has 0 saturated heterocycles. The lowest BCUT2D eigenvalue weighted by Crippen LogP contribution is -2.15. The summed E-state index contributed by atoms with van der Waals surface area (Å²) in [5, 5.41) is 9.18. The zero-order valence-corrected chi connectivity index (χ0v) is 8.75. The van der Waals surface area contributed by atoms with E-state index in [-0.39, 0.29) is 5.82 Å². The van der Waals surface area contributed by atoms with Gasteiger partial charge in [0.15, 0.2) is 0 Å². The van der Waals surface area contributed by atoms with Crippen LogP contribution in [0.5, 0.6) is 0 Å². The molecule has 0 amide bonds. The highest BCUT2D eigenvalue weighted by molar-refractivity contribution is 5.79. The zero-order chi connectivity index (χ0) is 12.3. The molecule has 1 aromatic carbocycles. The fraction of sp³-hybridized carbons (Fsp3) is 0.0833. The summed E-state index contributed by atoms with van der Waals surface area (Å²) < 4.78 is 12.8. The fourth-order valence-corrected chi connectivity index (χ4v) is 1.52. The number of hydrogen-bond donors (Lipinski definition) is 1. The van der Waals surface area contributed by atoms with Gasteiger partial charge in [0.1, 0.15) is 17.6 Å². The Labute approximate surface area is 96.8 Å². The van der Waals surface area contributed by atoms with Crippen molar-refractivity contribution >= 4 is 5.97 Å². The van der Waals surface area contributed by atoms with Crippen molar-refractivity contribution in [3.63, 3.8) is 0 Å². The Hall–Kier alpha value is -2.30. The average Bonchev–Trinajstić information content (AvgIpc) is 2.33. The monoisotopic (exact) mass is 232 g/mol. The number of aliphatic carboxylic acids is 1. The van der Waals surface area contributed by atoms with E-state index in [0.717, 1.165) is 0 Å². The molecule has 0 aliphatic heterocycles. The van der Waals surface area contributed by atoms with Crippen LogP contribution in [0.2, 0.25) is 0 Å². The van der Waals surface area contributed by atoms with Crippen molar-refractivity contribution in [3.05, 3.63) is 59.9 Å². The van der Waals surface area contributed by atoms with Gasteiger partial charge in [-0.1, -0.05) is 12.1 Å². The Morgan fingerprint density at radius 3 is 2.29 bits per heavy atom. The number of rotatable bonds is 3. The molecule has 86 valence electrons. The highest BCUT2D eigenvalue weighted by atomic mass is 19.1. The maximum atomic E-state index is 12.8. The quantitative estimate of drug-likeness (QED) is 0.876. The lowest BCUT2D eigenvalue weighted by atomic mass is 9.98. The lowest BCUT2D eigenvalue weighted by Gasteiger charge is -2.10. The molecule has 0 aliphatic carbocycles. The smallest absolute Gasteiger partial charge is 0.318 e. The van der Waals surface area contributed by atoms with E-state index in [4.69, 9.17) is 0 Å². The van der Waals surface area contributed by atoms with Gasteiger partial charge in [0.05, 0.1) is 0 Å². The number of nitrogens with zero attached hydrogens (tertiary/aromatic N) is 2. The summed E-state index contributed by atoms with van der Waals surface area (Å²) in [6.45, 7) is 0. The maximum Gasteiger partial charge on any atom is 0.318 e. The van der Waals surface area contributed by atoms with Gasteiger partial charge in [-0.2, -0.15) is 0 Å². The molecule has 4 nitrogen and oxygen atoms in total. The van der Waals surface area contributed by atoms with Crippen LogP contribution in [-0.4, -0.2) is 21.0 Å².